The Morgan fingerprint density at radius 3 is 2.22 bits per heavy atom. The molecule has 0 saturated heterocycles. The Kier molecular flexibility index (Phi) is 8.51. The summed E-state index contributed by atoms with van der Waals surface area (Å²) in [6.45, 7) is 0. The smallest absolute Gasteiger partial charge is 0.338 e. The number of carbonyl (C=O) groups is 2. The number of phenols is 2. The van der Waals surface area contributed by atoms with E-state index in [2.05, 4.69) is 5.32 Å². The van der Waals surface area contributed by atoms with Gasteiger partial charge < -0.3 is 35.5 Å². The summed E-state index contributed by atoms with van der Waals surface area (Å²) in [5.41, 5.74) is 6.35. The number of methoxy groups -OCH3 is 3. The van der Waals surface area contributed by atoms with E-state index in [4.69, 9.17) is 19.9 Å². The lowest BCUT2D eigenvalue weighted by molar-refractivity contribution is -0.384. The Labute approximate surface area is 263 Å². The molecule has 14 nitrogen and oxygen atoms in total. The van der Waals surface area contributed by atoms with Crippen LogP contribution in [-0.4, -0.2) is 52.9 Å². The molecule has 46 heavy (non-hydrogen) atoms. The third kappa shape index (κ3) is 5.61. The number of rotatable bonds is 8. The van der Waals surface area contributed by atoms with Crippen molar-refractivity contribution < 1.29 is 38.9 Å². The number of fused-ring (bicyclic) bond motifs is 1. The van der Waals surface area contributed by atoms with Gasteiger partial charge in [-0.25, -0.2) is 4.79 Å². The zero-order valence-corrected chi connectivity index (χ0v) is 25.3. The average molecular weight is 647 g/mol. The van der Waals surface area contributed by atoms with Crippen LogP contribution in [0.4, 0.5) is 11.4 Å². The molecule has 1 atom stereocenters. The molecular formula is C31H26N4O10S. The molecule has 0 spiro atoms. The van der Waals surface area contributed by atoms with Gasteiger partial charge in [0.25, 0.3) is 17.2 Å². The summed E-state index contributed by atoms with van der Waals surface area (Å²) in [7, 11) is 3.83. The number of ether oxygens (including phenoxy) is 3. The van der Waals surface area contributed by atoms with E-state index >= 15 is 0 Å². The van der Waals surface area contributed by atoms with Crippen molar-refractivity contribution in [2.24, 2.45) is 5.73 Å². The van der Waals surface area contributed by atoms with Gasteiger partial charge in [-0.15, -0.1) is 11.3 Å². The number of esters is 1. The number of amides is 1. The predicted molar refractivity (Wildman–Crippen MR) is 168 cm³/mol. The Bertz CT molecular complexity index is 2120. The van der Waals surface area contributed by atoms with Crippen molar-refractivity contribution in [2.45, 2.75) is 5.92 Å². The fourth-order valence-corrected chi connectivity index (χ4v) is 6.16. The predicted octanol–water partition coefficient (Wildman–Crippen LogP) is 1.96. The highest BCUT2D eigenvalue weighted by Gasteiger charge is 2.39. The number of anilines is 1. The van der Waals surface area contributed by atoms with Crippen molar-refractivity contribution >= 4 is 52.1 Å². The number of carbonyl (C=O) groups excluding carboxylic acids is 2. The monoisotopic (exact) mass is 646 g/mol. The molecular weight excluding hydrogens is 620 g/mol. The molecule has 0 aliphatic carbocycles. The molecule has 1 aliphatic heterocycles. The third-order valence-electron chi connectivity index (χ3n) is 7.17. The van der Waals surface area contributed by atoms with Crippen LogP contribution in [0.3, 0.4) is 0 Å². The Balaban J connectivity index is 1.82. The average Bonchev–Trinajstić information content (AvgIpc) is 3.37. The number of hydrogen-bond acceptors (Lipinski definition) is 12. The van der Waals surface area contributed by atoms with Crippen LogP contribution < -0.4 is 35.3 Å². The molecule has 236 valence electrons. The van der Waals surface area contributed by atoms with Gasteiger partial charge in [-0.05, 0) is 53.6 Å². The van der Waals surface area contributed by atoms with E-state index in [1.54, 1.807) is 6.07 Å². The normalized spacial score (nSPS) is 14.5. The van der Waals surface area contributed by atoms with Crippen LogP contribution in [0.1, 0.15) is 17.0 Å². The van der Waals surface area contributed by atoms with Crippen molar-refractivity contribution in [3.8, 4) is 23.0 Å². The Morgan fingerprint density at radius 1 is 0.978 bits per heavy atom. The minimum atomic E-state index is -1.22. The largest absolute Gasteiger partial charge is 0.504 e. The van der Waals surface area contributed by atoms with E-state index in [9.17, 15) is 34.7 Å². The molecule has 5 rings (SSSR count). The first-order valence-electron chi connectivity index (χ1n) is 13.3. The number of nitrogens with zero attached hydrogens (tertiary/aromatic N) is 2. The van der Waals surface area contributed by atoms with Gasteiger partial charge >= 0.3 is 5.97 Å². The van der Waals surface area contributed by atoms with E-state index in [0.29, 0.717) is 11.1 Å². The number of aromatic nitrogens is 1. The van der Waals surface area contributed by atoms with Crippen LogP contribution >= 0.6 is 11.3 Å². The molecule has 1 aromatic heterocycles. The molecule has 0 bridgehead atoms. The summed E-state index contributed by atoms with van der Waals surface area (Å²) in [4.78, 5) is 51.9. The van der Waals surface area contributed by atoms with Gasteiger partial charge in [-0.3, -0.25) is 24.3 Å². The second kappa shape index (κ2) is 12.5. The minimum absolute atomic E-state index is 0.0415. The summed E-state index contributed by atoms with van der Waals surface area (Å²) >= 11 is 0.922. The van der Waals surface area contributed by atoms with Gasteiger partial charge in [-0.1, -0.05) is 12.1 Å². The number of thiazole rings is 1. The van der Waals surface area contributed by atoms with Gasteiger partial charge in [0.2, 0.25) is 0 Å². The van der Waals surface area contributed by atoms with E-state index in [-0.39, 0.29) is 60.5 Å². The summed E-state index contributed by atoms with van der Waals surface area (Å²) < 4.78 is 16.7. The Morgan fingerprint density at radius 2 is 1.61 bits per heavy atom. The fourth-order valence-electron chi connectivity index (χ4n) is 4.99. The second-order valence-corrected chi connectivity index (χ2v) is 10.8. The lowest BCUT2D eigenvalue weighted by Gasteiger charge is -2.27. The van der Waals surface area contributed by atoms with Crippen LogP contribution in [0.15, 0.2) is 71.0 Å². The van der Waals surface area contributed by atoms with E-state index in [0.717, 1.165) is 23.0 Å². The molecule has 0 fully saturated rings. The fraction of sp³-hybridized carbons (Fsp3) is 0.129. The maximum atomic E-state index is 14.2. The van der Waals surface area contributed by atoms with E-state index < -0.39 is 28.3 Å². The number of hydrogen-bond donors (Lipinski definition) is 4. The highest BCUT2D eigenvalue weighted by molar-refractivity contribution is 7.07. The molecule has 4 aromatic rings. The molecule has 15 heteroatoms. The van der Waals surface area contributed by atoms with Crippen molar-refractivity contribution in [2.75, 3.05) is 26.6 Å². The molecule has 1 aliphatic rings. The maximum absolute atomic E-state index is 14.2. The lowest BCUT2D eigenvalue weighted by atomic mass is 9.82. The molecule has 0 saturated carbocycles. The van der Waals surface area contributed by atoms with Gasteiger partial charge in [0.15, 0.2) is 23.0 Å². The van der Waals surface area contributed by atoms with Gasteiger partial charge in [0.05, 0.1) is 47.8 Å². The van der Waals surface area contributed by atoms with Crippen LogP contribution in [0.5, 0.6) is 23.0 Å². The van der Waals surface area contributed by atoms with Crippen LogP contribution in [0, 0.1) is 10.1 Å². The number of nitro benzene ring substituents is 1. The molecule has 2 heterocycles. The SMILES string of the molecule is COC(=O)C1=C(N)n2c(s/c(=C/c3ccc(O)c(OC)c3)c2=O)=C(C(=O)Nc2ccc([N+](=O)[O-])cc2)C1c1ccc(O)c(OC)c1. The first-order valence-corrected chi connectivity index (χ1v) is 14.2. The second-order valence-electron chi connectivity index (χ2n) is 9.81. The summed E-state index contributed by atoms with van der Waals surface area (Å²) in [5, 5.41) is 34.1. The van der Waals surface area contributed by atoms with Crippen LogP contribution in [-0.2, 0) is 14.3 Å². The quantitative estimate of drug-likeness (QED) is 0.124. The number of nitrogens with two attached hydrogens (primary N) is 1. The molecule has 5 N–H and O–H groups in total. The van der Waals surface area contributed by atoms with Crippen molar-refractivity contribution in [1.82, 2.24) is 4.57 Å². The number of non-ortho nitro benzene ring substituents is 1. The van der Waals surface area contributed by atoms with Gasteiger partial charge in [-0.2, -0.15) is 0 Å². The third-order valence-corrected chi connectivity index (χ3v) is 8.28. The first kappa shape index (κ1) is 31.3. The molecule has 1 amide bonds. The molecule has 1 unspecified atom stereocenters. The standard InChI is InChI=1S/C31H26N4O10S/c1-43-21-12-15(4-10-19(21)36)13-23-29(39)34-27(32)25(31(40)45-3)24(16-5-11-20(37)22(14-16)44-2)26(30(34)46-23)28(38)33-17-6-8-18(9-7-17)35(41)42/h4-14,24,36-37H,32H2,1-3H3,(H,33,38)/b23-13+. The number of benzene rings is 3. The van der Waals surface area contributed by atoms with E-state index in [1.807, 2.05) is 0 Å². The Hall–Kier alpha value is -6.09. The van der Waals surface area contributed by atoms with Crippen molar-refractivity contribution in [3.05, 3.63) is 107 Å². The number of aromatic hydroxyl groups is 2. The topological polar surface area (TPSA) is 205 Å². The first-order chi connectivity index (χ1) is 22.0. The number of phenolic OH excluding ortho intramolecular Hbond substituents is 2. The molecule has 0 radical (unpaired) electrons. The zero-order valence-electron chi connectivity index (χ0n) is 24.5. The minimum Gasteiger partial charge on any atom is -0.504 e. The zero-order chi connectivity index (χ0) is 33.3. The lowest BCUT2D eigenvalue weighted by Crippen LogP contribution is -2.42. The van der Waals surface area contributed by atoms with Crippen LogP contribution in [0.2, 0.25) is 0 Å². The number of nitro groups is 1. The van der Waals surface area contributed by atoms with Gasteiger partial charge in [0.1, 0.15) is 10.5 Å². The summed E-state index contributed by atoms with van der Waals surface area (Å²) in [6.07, 6.45) is 1.51. The highest BCUT2D eigenvalue weighted by atomic mass is 32.1. The highest BCUT2D eigenvalue weighted by Crippen LogP contribution is 2.40. The summed E-state index contributed by atoms with van der Waals surface area (Å²) in [5.74, 6) is -3.29. The van der Waals surface area contributed by atoms with Crippen LogP contribution in [0.25, 0.3) is 17.5 Å². The molecule has 3 aromatic carbocycles. The maximum Gasteiger partial charge on any atom is 0.338 e. The summed E-state index contributed by atoms with van der Waals surface area (Å²) in [6, 6.07) is 13.8. The van der Waals surface area contributed by atoms with Crippen molar-refractivity contribution in [1.29, 1.82) is 0 Å². The number of nitrogens with one attached hydrogen (secondary N) is 1. The van der Waals surface area contributed by atoms with Crippen molar-refractivity contribution in [3.63, 3.8) is 0 Å². The van der Waals surface area contributed by atoms with E-state index in [1.165, 1.54) is 74.9 Å². The van der Waals surface area contributed by atoms with Gasteiger partial charge in [0, 0.05) is 17.8 Å².